The van der Waals surface area contributed by atoms with Crippen LogP contribution in [0.3, 0.4) is 0 Å². The van der Waals surface area contributed by atoms with Gasteiger partial charge in [-0.3, -0.25) is 14.5 Å². The molecule has 2 atom stereocenters. The topological polar surface area (TPSA) is 53.1 Å². The zero-order valence-corrected chi connectivity index (χ0v) is 21.7. The van der Waals surface area contributed by atoms with E-state index in [0.29, 0.717) is 35.9 Å². The Morgan fingerprint density at radius 2 is 1.80 bits per heavy atom. The summed E-state index contributed by atoms with van der Waals surface area (Å²) in [6, 6.07) is 7.47. The lowest BCUT2D eigenvalue weighted by Crippen LogP contribution is -2.53. The van der Waals surface area contributed by atoms with Gasteiger partial charge in [0.1, 0.15) is 5.75 Å². The van der Waals surface area contributed by atoms with Crippen LogP contribution >= 0.6 is 0 Å². The maximum Gasteiger partial charge on any atom is 0.254 e. The first kappa shape index (κ1) is 24.4. The zero-order chi connectivity index (χ0) is 24.6. The highest BCUT2D eigenvalue weighted by molar-refractivity contribution is 5.94. The van der Waals surface area contributed by atoms with E-state index in [2.05, 4.69) is 29.7 Å². The fourth-order valence-electron chi connectivity index (χ4n) is 6.41. The number of amides is 2. The molecule has 0 radical (unpaired) electrons. The molecule has 6 heteroatoms. The van der Waals surface area contributed by atoms with Gasteiger partial charge in [0, 0.05) is 57.3 Å². The fourth-order valence-corrected chi connectivity index (χ4v) is 6.41. The minimum Gasteiger partial charge on any atom is -0.497 e. The van der Waals surface area contributed by atoms with Crippen LogP contribution in [0, 0.1) is 23.2 Å². The molecular formula is C29H41N3O3. The number of piperazine rings is 1. The summed E-state index contributed by atoms with van der Waals surface area (Å²) in [6.07, 6.45) is 8.14. The molecule has 6 nitrogen and oxygen atoms in total. The van der Waals surface area contributed by atoms with Crippen LogP contribution in [0.2, 0.25) is 0 Å². The standard InChI is InChI=1S/C29H41N3O3/c1-29(2)24-10-7-23(26(29)19-24)20-32(28(34)22-8-11-25(35-3)12-9-22)18-15-30-13-16-31(17-14-30)27(33)21-5-4-6-21/h7-9,11-12,21,24,26H,4-6,10,13-20H2,1-3H3. The SMILES string of the molecule is COc1ccc(C(=O)N(CCN2CCN(C(=O)C3CCC3)CC2)CC2=CCC3CC2C3(C)C)cc1. The third-order valence-electron chi connectivity index (χ3n) is 9.40. The van der Waals surface area contributed by atoms with Gasteiger partial charge in [-0.25, -0.2) is 0 Å². The van der Waals surface area contributed by atoms with Gasteiger partial charge in [0.15, 0.2) is 0 Å². The van der Waals surface area contributed by atoms with E-state index in [1.54, 1.807) is 7.11 Å². The Labute approximate surface area is 210 Å². The van der Waals surface area contributed by atoms with Gasteiger partial charge in [-0.05, 0) is 67.2 Å². The molecule has 1 aliphatic heterocycles. The number of hydrogen-bond donors (Lipinski definition) is 0. The van der Waals surface area contributed by atoms with Crippen molar-refractivity contribution < 1.29 is 14.3 Å². The number of carbonyl (C=O) groups is 2. The number of nitrogens with zero attached hydrogens (tertiary/aromatic N) is 3. The van der Waals surface area contributed by atoms with E-state index in [0.717, 1.165) is 63.7 Å². The predicted molar refractivity (Wildman–Crippen MR) is 137 cm³/mol. The first-order chi connectivity index (χ1) is 16.9. The lowest BCUT2D eigenvalue weighted by Gasteiger charge is -2.57. The van der Waals surface area contributed by atoms with Crippen LogP contribution in [0.5, 0.6) is 5.75 Å². The highest BCUT2D eigenvalue weighted by Crippen LogP contribution is 2.59. The molecule has 3 fully saturated rings. The van der Waals surface area contributed by atoms with Crippen LogP contribution < -0.4 is 4.74 Å². The van der Waals surface area contributed by atoms with Gasteiger partial charge >= 0.3 is 0 Å². The number of ether oxygens (including phenoxy) is 1. The van der Waals surface area contributed by atoms with E-state index in [-0.39, 0.29) is 11.8 Å². The third kappa shape index (κ3) is 4.87. The smallest absolute Gasteiger partial charge is 0.254 e. The Morgan fingerprint density at radius 1 is 1.09 bits per heavy atom. The summed E-state index contributed by atoms with van der Waals surface area (Å²) < 4.78 is 5.28. The van der Waals surface area contributed by atoms with E-state index < -0.39 is 0 Å². The van der Waals surface area contributed by atoms with E-state index in [1.807, 2.05) is 29.2 Å². The summed E-state index contributed by atoms with van der Waals surface area (Å²) in [5, 5.41) is 0. The monoisotopic (exact) mass is 479 g/mol. The van der Waals surface area contributed by atoms with Crippen molar-refractivity contribution in [3.05, 3.63) is 41.5 Å². The van der Waals surface area contributed by atoms with Gasteiger partial charge in [-0.1, -0.05) is 31.9 Å². The lowest BCUT2D eigenvalue weighted by atomic mass is 9.49. The number of fused-ring (bicyclic) bond motifs is 1. The van der Waals surface area contributed by atoms with Crippen LogP contribution in [-0.4, -0.2) is 79.4 Å². The van der Waals surface area contributed by atoms with Crippen LogP contribution in [0.25, 0.3) is 0 Å². The first-order valence-electron chi connectivity index (χ1n) is 13.5. The number of carbonyl (C=O) groups excluding carboxylic acids is 2. The molecule has 4 aliphatic carbocycles. The van der Waals surface area contributed by atoms with Crippen molar-refractivity contribution in [2.24, 2.45) is 23.2 Å². The molecule has 1 saturated heterocycles. The maximum absolute atomic E-state index is 13.6. The number of rotatable bonds is 8. The van der Waals surface area contributed by atoms with Crippen molar-refractivity contribution in [2.45, 2.75) is 46.0 Å². The molecule has 1 aromatic rings. The quantitative estimate of drug-likeness (QED) is 0.528. The van der Waals surface area contributed by atoms with Crippen molar-refractivity contribution in [1.82, 2.24) is 14.7 Å². The Balaban J connectivity index is 1.22. The van der Waals surface area contributed by atoms with Gasteiger partial charge in [0.25, 0.3) is 5.91 Å². The normalized spacial score (nSPS) is 25.8. The summed E-state index contributed by atoms with van der Waals surface area (Å²) in [5.41, 5.74) is 2.50. The van der Waals surface area contributed by atoms with Crippen LogP contribution in [-0.2, 0) is 4.79 Å². The molecule has 2 saturated carbocycles. The average molecular weight is 480 g/mol. The zero-order valence-electron chi connectivity index (χ0n) is 21.7. The lowest BCUT2D eigenvalue weighted by molar-refractivity contribution is -0.139. The van der Waals surface area contributed by atoms with Crippen LogP contribution in [0.1, 0.15) is 56.3 Å². The Kier molecular flexibility index (Phi) is 6.93. The summed E-state index contributed by atoms with van der Waals surface area (Å²) in [7, 11) is 1.64. The van der Waals surface area contributed by atoms with Crippen LogP contribution in [0.15, 0.2) is 35.9 Å². The van der Waals surface area contributed by atoms with Crippen molar-refractivity contribution >= 4 is 11.8 Å². The largest absolute Gasteiger partial charge is 0.497 e. The molecule has 0 spiro atoms. The van der Waals surface area contributed by atoms with Gasteiger partial charge < -0.3 is 14.5 Å². The van der Waals surface area contributed by atoms with Gasteiger partial charge in [-0.2, -0.15) is 0 Å². The Hall–Kier alpha value is -2.34. The fraction of sp³-hybridized carbons (Fsp3) is 0.655. The van der Waals surface area contributed by atoms with Gasteiger partial charge in [0.05, 0.1) is 7.11 Å². The van der Waals surface area contributed by atoms with Crippen molar-refractivity contribution in [2.75, 3.05) is 52.9 Å². The van der Waals surface area contributed by atoms with E-state index in [1.165, 1.54) is 18.4 Å². The molecule has 1 heterocycles. The Bertz CT molecular complexity index is 958. The summed E-state index contributed by atoms with van der Waals surface area (Å²) in [5.74, 6) is 2.87. The predicted octanol–water partition coefficient (Wildman–Crippen LogP) is 4.07. The second-order valence-electron chi connectivity index (χ2n) is 11.6. The number of hydrogen-bond acceptors (Lipinski definition) is 4. The number of methoxy groups -OCH3 is 1. The molecule has 2 unspecified atom stereocenters. The van der Waals surface area contributed by atoms with E-state index >= 15 is 0 Å². The van der Waals surface area contributed by atoms with Gasteiger partial charge in [-0.15, -0.1) is 0 Å². The van der Waals surface area contributed by atoms with E-state index in [9.17, 15) is 9.59 Å². The summed E-state index contributed by atoms with van der Waals surface area (Å²) in [6.45, 7) is 10.4. The number of benzene rings is 1. The average Bonchev–Trinajstić information content (AvgIpc) is 2.85. The minimum absolute atomic E-state index is 0.0894. The molecule has 6 rings (SSSR count). The molecule has 1 aromatic carbocycles. The number of allylic oxidation sites excluding steroid dienone is 1. The molecular weight excluding hydrogens is 438 g/mol. The van der Waals surface area contributed by atoms with Gasteiger partial charge in [0.2, 0.25) is 5.91 Å². The summed E-state index contributed by atoms with van der Waals surface area (Å²) in [4.78, 5) is 32.7. The second-order valence-corrected chi connectivity index (χ2v) is 11.6. The second kappa shape index (κ2) is 9.96. The maximum atomic E-state index is 13.6. The third-order valence-corrected chi connectivity index (χ3v) is 9.40. The highest BCUT2D eigenvalue weighted by atomic mass is 16.5. The van der Waals surface area contributed by atoms with Crippen LogP contribution in [0.4, 0.5) is 0 Å². The first-order valence-corrected chi connectivity index (χ1v) is 13.5. The van der Waals surface area contributed by atoms with Crippen molar-refractivity contribution in [3.63, 3.8) is 0 Å². The molecule has 0 aromatic heterocycles. The molecule has 2 amide bonds. The molecule has 2 bridgehead atoms. The van der Waals surface area contributed by atoms with Crippen molar-refractivity contribution in [1.29, 1.82) is 0 Å². The van der Waals surface area contributed by atoms with Crippen molar-refractivity contribution in [3.8, 4) is 5.75 Å². The van der Waals surface area contributed by atoms with E-state index in [4.69, 9.17) is 4.74 Å². The molecule has 5 aliphatic rings. The molecule has 0 N–H and O–H groups in total. The Morgan fingerprint density at radius 3 is 2.37 bits per heavy atom. The molecule has 190 valence electrons. The summed E-state index contributed by atoms with van der Waals surface area (Å²) >= 11 is 0. The highest BCUT2D eigenvalue weighted by Gasteiger charge is 2.51. The molecule has 35 heavy (non-hydrogen) atoms. The minimum atomic E-state index is 0.0894.